The fourth-order valence-electron chi connectivity index (χ4n) is 2.00. The van der Waals surface area contributed by atoms with E-state index in [4.69, 9.17) is 9.47 Å². The van der Waals surface area contributed by atoms with E-state index in [1.165, 1.54) is 6.08 Å². The van der Waals surface area contributed by atoms with E-state index < -0.39 is 5.97 Å². The molecule has 0 heterocycles. The second kappa shape index (κ2) is 8.90. The van der Waals surface area contributed by atoms with Crippen molar-refractivity contribution in [2.45, 2.75) is 13.5 Å². The van der Waals surface area contributed by atoms with Gasteiger partial charge in [0.25, 0.3) is 0 Å². The standard InChI is InChI=1S/C19H16BrNO3/c1-2-23-19(22)16(12-21)10-15-11-17(20)8-9-18(15)24-13-14-6-4-3-5-7-14/h3-11H,2,13H2,1H3/b16-10-. The molecule has 2 aromatic carbocycles. The molecule has 0 radical (unpaired) electrons. The van der Waals surface area contributed by atoms with Crippen LogP contribution < -0.4 is 4.74 Å². The molecule has 0 fully saturated rings. The Bertz CT molecular complexity index is 779. The Kier molecular flexibility index (Phi) is 6.59. The van der Waals surface area contributed by atoms with Gasteiger partial charge in [0.1, 0.15) is 24.0 Å². The van der Waals surface area contributed by atoms with Crippen LogP contribution in [0.25, 0.3) is 6.08 Å². The number of halogens is 1. The zero-order valence-electron chi connectivity index (χ0n) is 13.2. The molecular weight excluding hydrogens is 370 g/mol. The number of nitriles is 1. The summed E-state index contributed by atoms with van der Waals surface area (Å²) in [6.07, 6.45) is 1.48. The zero-order valence-corrected chi connectivity index (χ0v) is 14.7. The minimum Gasteiger partial charge on any atom is -0.488 e. The molecule has 0 saturated carbocycles. The minimum atomic E-state index is -0.644. The van der Waals surface area contributed by atoms with Crippen molar-refractivity contribution in [3.05, 3.63) is 69.7 Å². The molecule has 0 aliphatic rings. The zero-order chi connectivity index (χ0) is 17.4. The van der Waals surface area contributed by atoms with E-state index in [2.05, 4.69) is 15.9 Å². The van der Waals surface area contributed by atoms with Crippen molar-refractivity contribution in [1.82, 2.24) is 0 Å². The lowest BCUT2D eigenvalue weighted by Gasteiger charge is -2.10. The maximum atomic E-state index is 11.8. The highest BCUT2D eigenvalue weighted by molar-refractivity contribution is 9.10. The quantitative estimate of drug-likeness (QED) is 0.417. The molecule has 5 heteroatoms. The predicted octanol–water partition coefficient (Wildman–Crippen LogP) is 4.50. The first-order valence-electron chi connectivity index (χ1n) is 7.39. The summed E-state index contributed by atoms with van der Waals surface area (Å²) in [6.45, 7) is 2.30. The number of carbonyl (C=O) groups is 1. The summed E-state index contributed by atoms with van der Waals surface area (Å²) in [4.78, 5) is 11.8. The van der Waals surface area contributed by atoms with Gasteiger partial charge in [-0.1, -0.05) is 46.3 Å². The molecule has 122 valence electrons. The number of esters is 1. The molecule has 0 aromatic heterocycles. The Morgan fingerprint density at radius 3 is 2.67 bits per heavy atom. The summed E-state index contributed by atoms with van der Waals surface area (Å²) in [5, 5.41) is 9.18. The molecule has 0 aliphatic carbocycles. The Morgan fingerprint density at radius 2 is 2.00 bits per heavy atom. The second-order valence-electron chi connectivity index (χ2n) is 4.85. The highest BCUT2D eigenvalue weighted by Gasteiger charge is 2.12. The van der Waals surface area contributed by atoms with E-state index >= 15 is 0 Å². The van der Waals surface area contributed by atoms with Gasteiger partial charge in [-0.15, -0.1) is 0 Å². The maximum absolute atomic E-state index is 11.8. The molecule has 0 N–H and O–H groups in total. The van der Waals surface area contributed by atoms with E-state index in [9.17, 15) is 10.1 Å². The smallest absolute Gasteiger partial charge is 0.348 e. The van der Waals surface area contributed by atoms with Crippen molar-refractivity contribution in [2.75, 3.05) is 6.61 Å². The van der Waals surface area contributed by atoms with Gasteiger partial charge in [-0.05, 0) is 36.8 Å². The summed E-state index contributed by atoms with van der Waals surface area (Å²) in [7, 11) is 0. The summed E-state index contributed by atoms with van der Waals surface area (Å²) >= 11 is 3.39. The van der Waals surface area contributed by atoms with Crippen molar-refractivity contribution in [1.29, 1.82) is 5.26 Å². The topological polar surface area (TPSA) is 59.3 Å². The summed E-state index contributed by atoms with van der Waals surface area (Å²) in [5.41, 5.74) is 1.59. The van der Waals surface area contributed by atoms with Crippen LogP contribution in [0.1, 0.15) is 18.1 Å². The van der Waals surface area contributed by atoms with Gasteiger partial charge in [-0.3, -0.25) is 0 Å². The molecule has 0 bridgehead atoms. The number of hydrogen-bond donors (Lipinski definition) is 0. The van der Waals surface area contributed by atoms with E-state index in [1.54, 1.807) is 19.1 Å². The molecule has 0 spiro atoms. The van der Waals surface area contributed by atoms with Crippen LogP contribution in [0.4, 0.5) is 0 Å². The molecule has 0 atom stereocenters. The Morgan fingerprint density at radius 1 is 1.25 bits per heavy atom. The average molecular weight is 386 g/mol. The first-order chi connectivity index (χ1) is 11.6. The van der Waals surface area contributed by atoms with Gasteiger partial charge in [-0.25, -0.2) is 4.79 Å². The van der Waals surface area contributed by atoms with Crippen LogP contribution in [0.5, 0.6) is 5.75 Å². The van der Waals surface area contributed by atoms with Crippen LogP contribution in [0, 0.1) is 11.3 Å². The number of carbonyl (C=O) groups excluding carboxylic acids is 1. The van der Waals surface area contributed by atoms with Crippen molar-refractivity contribution in [3.8, 4) is 11.8 Å². The Hall–Kier alpha value is -2.58. The molecule has 24 heavy (non-hydrogen) atoms. The molecule has 2 rings (SSSR count). The average Bonchev–Trinajstić information content (AvgIpc) is 2.60. The lowest BCUT2D eigenvalue weighted by atomic mass is 10.1. The lowest BCUT2D eigenvalue weighted by Crippen LogP contribution is -2.06. The van der Waals surface area contributed by atoms with Gasteiger partial charge in [0.05, 0.1) is 6.61 Å². The van der Waals surface area contributed by atoms with Gasteiger partial charge >= 0.3 is 5.97 Å². The largest absolute Gasteiger partial charge is 0.488 e. The lowest BCUT2D eigenvalue weighted by molar-refractivity contribution is -0.137. The van der Waals surface area contributed by atoms with Crippen molar-refractivity contribution >= 4 is 28.0 Å². The third-order valence-electron chi connectivity index (χ3n) is 3.12. The van der Waals surface area contributed by atoms with E-state index in [1.807, 2.05) is 42.5 Å². The van der Waals surface area contributed by atoms with Gasteiger partial charge in [0.15, 0.2) is 0 Å². The molecular formula is C19H16BrNO3. The second-order valence-corrected chi connectivity index (χ2v) is 5.76. The summed E-state index contributed by atoms with van der Waals surface area (Å²) < 4.78 is 11.5. The highest BCUT2D eigenvalue weighted by Crippen LogP contribution is 2.26. The van der Waals surface area contributed by atoms with Gasteiger partial charge in [-0.2, -0.15) is 5.26 Å². The highest BCUT2D eigenvalue weighted by atomic mass is 79.9. The van der Waals surface area contributed by atoms with Crippen molar-refractivity contribution in [2.24, 2.45) is 0 Å². The molecule has 0 saturated heterocycles. The molecule has 2 aromatic rings. The SMILES string of the molecule is CCOC(=O)/C(C#N)=C\c1cc(Br)ccc1OCc1ccccc1. The molecule has 0 aliphatic heterocycles. The first-order valence-corrected chi connectivity index (χ1v) is 8.18. The minimum absolute atomic E-state index is 0.0699. The summed E-state index contributed by atoms with van der Waals surface area (Å²) in [6, 6.07) is 17.0. The van der Waals surface area contributed by atoms with Crippen molar-refractivity contribution in [3.63, 3.8) is 0 Å². The Labute approximate surface area is 149 Å². The number of ether oxygens (including phenoxy) is 2. The van der Waals surface area contributed by atoms with Crippen LogP contribution in [0.15, 0.2) is 58.6 Å². The van der Waals surface area contributed by atoms with E-state index in [0.29, 0.717) is 17.9 Å². The van der Waals surface area contributed by atoms with Crippen LogP contribution >= 0.6 is 15.9 Å². The first kappa shape index (κ1) is 17.8. The number of nitrogens with zero attached hydrogens (tertiary/aromatic N) is 1. The molecule has 0 unspecified atom stereocenters. The molecule has 4 nitrogen and oxygen atoms in total. The predicted molar refractivity (Wildman–Crippen MR) is 95.1 cm³/mol. The Balaban J connectivity index is 2.27. The summed E-state index contributed by atoms with van der Waals surface area (Å²) in [5.74, 6) is -0.0620. The number of hydrogen-bond acceptors (Lipinski definition) is 4. The van der Waals surface area contributed by atoms with Crippen LogP contribution in [-0.4, -0.2) is 12.6 Å². The number of rotatable bonds is 6. The third-order valence-corrected chi connectivity index (χ3v) is 3.62. The van der Waals surface area contributed by atoms with Gasteiger partial charge < -0.3 is 9.47 Å². The van der Waals surface area contributed by atoms with Gasteiger partial charge in [0.2, 0.25) is 0 Å². The van der Waals surface area contributed by atoms with Gasteiger partial charge in [0, 0.05) is 10.0 Å². The monoisotopic (exact) mass is 385 g/mol. The van der Waals surface area contributed by atoms with Crippen LogP contribution in [0.2, 0.25) is 0 Å². The van der Waals surface area contributed by atoms with E-state index in [-0.39, 0.29) is 12.2 Å². The maximum Gasteiger partial charge on any atom is 0.348 e. The fraction of sp³-hybridized carbons (Fsp3) is 0.158. The number of benzene rings is 2. The van der Waals surface area contributed by atoms with Crippen molar-refractivity contribution < 1.29 is 14.3 Å². The van der Waals surface area contributed by atoms with Crippen LogP contribution in [0.3, 0.4) is 0 Å². The third kappa shape index (κ3) is 4.97. The van der Waals surface area contributed by atoms with Crippen LogP contribution in [-0.2, 0) is 16.1 Å². The van der Waals surface area contributed by atoms with E-state index in [0.717, 1.165) is 10.0 Å². The molecule has 0 amide bonds. The fourth-order valence-corrected chi connectivity index (χ4v) is 2.38. The normalized spacial score (nSPS) is 10.8.